The Bertz CT molecular complexity index is 449. The number of benzene rings is 1. The third kappa shape index (κ3) is 2.31. The van der Waals surface area contributed by atoms with Crippen molar-refractivity contribution in [1.82, 2.24) is 4.90 Å². The minimum atomic E-state index is -0.0987. The molecule has 98 valence electrons. The fourth-order valence-corrected chi connectivity index (χ4v) is 2.86. The highest BCUT2D eigenvalue weighted by atomic mass is 16.6. The van der Waals surface area contributed by atoms with E-state index in [0.717, 1.165) is 37.4 Å². The lowest BCUT2D eigenvalue weighted by Gasteiger charge is -2.25. The second kappa shape index (κ2) is 4.44. The average Bonchev–Trinajstić information content (AvgIpc) is 2.69. The van der Waals surface area contributed by atoms with E-state index in [1.807, 2.05) is 6.07 Å². The van der Waals surface area contributed by atoms with Crippen molar-refractivity contribution >= 4 is 0 Å². The Morgan fingerprint density at radius 2 is 2.06 bits per heavy atom. The van der Waals surface area contributed by atoms with Gasteiger partial charge in [0.05, 0.1) is 0 Å². The molecule has 3 rings (SSSR count). The minimum absolute atomic E-state index is 0.0987. The molecule has 1 aromatic rings. The van der Waals surface area contributed by atoms with Gasteiger partial charge in [0, 0.05) is 12.1 Å². The molecule has 1 saturated heterocycles. The van der Waals surface area contributed by atoms with E-state index in [0.29, 0.717) is 13.2 Å². The Hall–Kier alpha value is -1.26. The van der Waals surface area contributed by atoms with E-state index >= 15 is 0 Å². The second-order valence-corrected chi connectivity index (χ2v) is 5.50. The molecule has 0 bridgehead atoms. The fourth-order valence-electron chi connectivity index (χ4n) is 2.86. The number of likely N-dealkylation sites (N-methyl/N-ethyl adjacent to an activating group) is 1. The molecule has 2 aliphatic heterocycles. The molecule has 1 aromatic carbocycles. The first-order valence-electron chi connectivity index (χ1n) is 6.51. The summed E-state index contributed by atoms with van der Waals surface area (Å²) < 4.78 is 11.1. The Morgan fingerprint density at radius 1 is 1.28 bits per heavy atom. The summed E-state index contributed by atoms with van der Waals surface area (Å²) in [4.78, 5) is 2.29. The summed E-state index contributed by atoms with van der Waals surface area (Å²) in [6, 6.07) is 6.16. The molecule has 0 radical (unpaired) electrons. The Kier molecular flexibility index (Phi) is 2.92. The molecule has 0 saturated carbocycles. The van der Waals surface area contributed by atoms with Gasteiger partial charge in [0.1, 0.15) is 13.2 Å². The predicted molar refractivity (Wildman–Crippen MR) is 70.2 cm³/mol. The van der Waals surface area contributed by atoms with Gasteiger partial charge in [0.25, 0.3) is 0 Å². The minimum Gasteiger partial charge on any atom is -0.486 e. The Labute approximate surface area is 108 Å². The lowest BCUT2D eigenvalue weighted by atomic mass is 9.91. The molecule has 0 spiro atoms. The molecule has 1 fully saturated rings. The standard InChI is InChI=1S/C14H20N2O2/c1-16-5-4-14(15,10-16)9-11-2-3-12-13(8-11)18-7-6-17-12/h2-3,8H,4-7,9-10,15H2,1H3. The van der Waals surface area contributed by atoms with E-state index < -0.39 is 0 Å². The van der Waals surface area contributed by atoms with Crippen LogP contribution < -0.4 is 15.2 Å². The summed E-state index contributed by atoms with van der Waals surface area (Å²) in [6.45, 7) is 3.31. The molecular formula is C14H20N2O2. The van der Waals surface area contributed by atoms with Crippen LogP contribution in [0.25, 0.3) is 0 Å². The van der Waals surface area contributed by atoms with Gasteiger partial charge in [-0.2, -0.15) is 0 Å². The molecule has 1 atom stereocenters. The Morgan fingerprint density at radius 3 is 2.78 bits per heavy atom. The van der Waals surface area contributed by atoms with Crippen LogP contribution in [-0.4, -0.2) is 43.8 Å². The molecule has 4 heteroatoms. The van der Waals surface area contributed by atoms with Crippen LogP contribution in [0.3, 0.4) is 0 Å². The zero-order valence-corrected chi connectivity index (χ0v) is 10.8. The van der Waals surface area contributed by atoms with Crippen molar-refractivity contribution in [3.8, 4) is 11.5 Å². The van der Waals surface area contributed by atoms with Crippen LogP contribution in [0.5, 0.6) is 11.5 Å². The molecule has 2 N–H and O–H groups in total. The third-order valence-corrected chi connectivity index (χ3v) is 3.74. The smallest absolute Gasteiger partial charge is 0.161 e. The number of fused-ring (bicyclic) bond motifs is 1. The van der Waals surface area contributed by atoms with Crippen LogP contribution in [0.4, 0.5) is 0 Å². The molecule has 0 amide bonds. The summed E-state index contributed by atoms with van der Waals surface area (Å²) in [5.74, 6) is 1.70. The van der Waals surface area contributed by atoms with E-state index in [2.05, 4.69) is 24.1 Å². The van der Waals surface area contributed by atoms with Crippen molar-refractivity contribution in [3.05, 3.63) is 23.8 Å². The van der Waals surface area contributed by atoms with E-state index in [4.69, 9.17) is 15.2 Å². The second-order valence-electron chi connectivity index (χ2n) is 5.50. The average molecular weight is 248 g/mol. The number of rotatable bonds is 2. The first-order valence-corrected chi connectivity index (χ1v) is 6.51. The number of likely N-dealkylation sites (tertiary alicyclic amines) is 1. The highest BCUT2D eigenvalue weighted by Gasteiger charge is 2.32. The Balaban J connectivity index is 1.77. The summed E-state index contributed by atoms with van der Waals surface area (Å²) in [5, 5.41) is 0. The SMILES string of the molecule is CN1CCC(N)(Cc2ccc3c(c2)OCCO3)C1. The molecular weight excluding hydrogens is 228 g/mol. The van der Waals surface area contributed by atoms with Crippen molar-refractivity contribution in [1.29, 1.82) is 0 Å². The summed E-state index contributed by atoms with van der Waals surface area (Å²) in [7, 11) is 2.12. The van der Waals surface area contributed by atoms with Gasteiger partial charge in [-0.05, 0) is 44.1 Å². The number of nitrogens with zero attached hydrogens (tertiary/aromatic N) is 1. The van der Waals surface area contributed by atoms with Crippen molar-refractivity contribution in [2.24, 2.45) is 5.73 Å². The molecule has 18 heavy (non-hydrogen) atoms. The zero-order valence-electron chi connectivity index (χ0n) is 10.8. The molecule has 1 unspecified atom stereocenters. The molecule has 2 heterocycles. The van der Waals surface area contributed by atoms with Crippen LogP contribution in [0.2, 0.25) is 0 Å². The monoisotopic (exact) mass is 248 g/mol. The van der Waals surface area contributed by atoms with Gasteiger partial charge in [0.15, 0.2) is 11.5 Å². The van der Waals surface area contributed by atoms with Gasteiger partial charge in [-0.1, -0.05) is 6.07 Å². The normalized spacial score (nSPS) is 27.4. The van der Waals surface area contributed by atoms with Crippen molar-refractivity contribution in [2.45, 2.75) is 18.4 Å². The van der Waals surface area contributed by atoms with Crippen LogP contribution in [-0.2, 0) is 6.42 Å². The number of ether oxygens (including phenoxy) is 2. The van der Waals surface area contributed by atoms with E-state index in [-0.39, 0.29) is 5.54 Å². The number of nitrogens with two attached hydrogens (primary N) is 1. The van der Waals surface area contributed by atoms with Crippen molar-refractivity contribution in [2.75, 3.05) is 33.4 Å². The first kappa shape index (κ1) is 11.8. The summed E-state index contributed by atoms with van der Waals surface area (Å²) in [5.41, 5.74) is 7.58. The fraction of sp³-hybridized carbons (Fsp3) is 0.571. The predicted octanol–water partition coefficient (Wildman–Crippen LogP) is 1.03. The first-order chi connectivity index (χ1) is 8.65. The van der Waals surface area contributed by atoms with Crippen LogP contribution in [0, 0.1) is 0 Å². The van der Waals surface area contributed by atoms with Crippen LogP contribution in [0.1, 0.15) is 12.0 Å². The van der Waals surface area contributed by atoms with Gasteiger partial charge < -0.3 is 20.1 Å². The van der Waals surface area contributed by atoms with Crippen molar-refractivity contribution < 1.29 is 9.47 Å². The summed E-state index contributed by atoms with van der Waals surface area (Å²) >= 11 is 0. The van der Waals surface area contributed by atoms with E-state index in [1.165, 1.54) is 5.56 Å². The van der Waals surface area contributed by atoms with Gasteiger partial charge in [-0.25, -0.2) is 0 Å². The van der Waals surface area contributed by atoms with Gasteiger partial charge in [-0.15, -0.1) is 0 Å². The topological polar surface area (TPSA) is 47.7 Å². The molecule has 0 aliphatic carbocycles. The zero-order chi connectivity index (χ0) is 12.6. The van der Waals surface area contributed by atoms with Crippen LogP contribution in [0.15, 0.2) is 18.2 Å². The van der Waals surface area contributed by atoms with E-state index in [9.17, 15) is 0 Å². The third-order valence-electron chi connectivity index (χ3n) is 3.74. The maximum absolute atomic E-state index is 6.44. The van der Waals surface area contributed by atoms with Crippen LogP contribution >= 0.6 is 0 Å². The van der Waals surface area contributed by atoms with E-state index in [1.54, 1.807) is 0 Å². The molecule has 2 aliphatic rings. The summed E-state index contributed by atoms with van der Waals surface area (Å²) in [6.07, 6.45) is 1.95. The van der Waals surface area contributed by atoms with Gasteiger partial charge in [-0.3, -0.25) is 0 Å². The highest BCUT2D eigenvalue weighted by molar-refractivity contribution is 5.44. The largest absolute Gasteiger partial charge is 0.486 e. The highest BCUT2D eigenvalue weighted by Crippen LogP contribution is 2.32. The quantitative estimate of drug-likeness (QED) is 0.849. The molecule has 4 nitrogen and oxygen atoms in total. The molecule has 0 aromatic heterocycles. The maximum Gasteiger partial charge on any atom is 0.161 e. The lowest BCUT2D eigenvalue weighted by molar-refractivity contribution is 0.171. The number of hydrogen-bond acceptors (Lipinski definition) is 4. The van der Waals surface area contributed by atoms with Gasteiger partial charge in [0.2, 0.25) is 0 Å². The maximum atomic E-state index is 6.44. The number of hydrogen-bond donors (Lipinski definition) is 1. The lowest BCUT2D eigenvalue weighted by Crippen LogP contribution is -2.44. The van der Waals surface area contributed by atoms with Gasteiger partial charge >= 0.3 is 0 Å². The van der Waals surface area contributed by atoms with Crippen molar-refractivity contribution in [3.63, 3.8) is 0 Å².